The number of nitrogen functional groups attached to an aromatic ring is 2. The van der Waals surface area contributed by atoms with E-state index in [4.69, 9.17) is 31.4 Å². The third kappa shape index (κ3) is 15.3. The molecule has 0 amide bonds. The maximum absolute atomic E-state index is 9.89. The Kier molecular flexibility index (Phi) is 10.6. The minimum atomic E-state index is -3.67. The maximum Gasteiger partial charge on any atom is 0.261 e. The van der Waals surface area contributed by atoms with Crippen LogP contribution in [-0.4, -0.2) is 55.2 Å². The topological polar surface area (TPSA) is 229 Å². The van der Waals surface area contributed by atoms with Crippen LogP contribution in [0, 0.1) is 10.8 Å². The van der Waals surface area contributed by atoms with Gasteiger partial charge in [0, 0.05) is 16.7 Å². The van der Waals surface area contributed by atoms with Gasteiger partial charge in [0.15, 0.2) is 0 Å². The average molecular weight is 473 g/mol. The number of phenols is 1. The Hall–Kier alpha value is -3.26. The van der Waals surface area contributed by atoms with Crippen molar-refractivity contribution in [3.8, 4) is 5.75 Å². The van der Waals surface area contributed by atoms with Gasteiger partial charge in [-0.25, -0.2) is 0 Å². The lowest BCUT2D eigenvalue weighted by atomic mass is 10.1. The molecule has 2 rings (SSSR count). The fourth-order valence-corrected chi connectivity index (χ4v) is 1.81. The largest absolute Gasteiger partial charge is 0.507 e. The summed E-state index contributed by atoms with van der Waals surface area (Å²) in [5.41, 5.74) is 13.5. The van der Waals surface area contributed by atoms with Crippen LogP contribution in [0.2, 0.25) is 0 Å². The number of phenolic OH excluding ortho intramolecular Hbond substituents is 1. The Morgan fingerprint density at radius 2 is 1.19 bits per heavy atom. The van der Waals surface area contributed by atoms with Gasteiger partial charge >= 0.3 is 0 Å². The van der Waals surface area contributed by atoms with Crippen molar-refractivity contribution in [3.63, 3.8) is 0 Å². The molecule has 0 saturated heterocycles. The zero-order valence-corrected chi connectivity index (χ0v) is 18.3. The van der Waals surface area contributed by atoms with E-state index in [0.717, 1.165) is 5.56 Å². The molecule has 2 aromatic rings. The van der Waals surface area contributed by atoms with Crippen molar-refractivity contribution in [2.24, 2.45) is 11.5 Å². The first-order valence-electron chi connectivity index (χ1n) is 8.12. The lowest BCUT2D eigenvalue weighted by Gasteiger charge is -2.03. The fraction of sp³-hybridized carbons (Fsp3) is 0.111. The Labute approximate surface area is 180 Å². The predicted molar refractivity (Wildman–Crippen MR) is 120 cm³/mol. The second-order valence-electron chi connectivity index (χ2n) is 6.02. The van der Waals surface area contributed by atoms with Crippen molar-refractivity contribution in [2.75, 3.05) is 12.5 Å². The molecule has 0 bridgehead atoms. The summed E-state index contributed by atoms with van der Waals surface area (Å²) in [5, 5.41) is 24.5. The van der Waals surface area contributed by atoms with Crippen molar-refractivity contribution in [2.45, 2.75) is 0 Å². The summed E-state index contributed by atoms with van der Waals surface area (Å²) in [5.74, 6) is 0.0166. The van der Waals surface area contributed by atoms with Gasteiger partial charge in [0.1, 0.15) is 17.4 Å². The first-order valence-corrected chi connectivity index (χ1v) is 11.8. The number of hydrogen-bond acceptors (Lipinski definition) is 7. The van der Waals surface area contributed by atoms with Crippen molar-refractivity contribution in [3.05, 3.63) is 64.7 Å². The standard InChI is InChI=1S/C16H16N4O.2CH4O3S/c17-15(18)12-5-2-10(3-6-12)1-4-11-7-8-13(16(19)20)9-14(11)21;2*1-5(2,3)4/h1-9,21H,(H3,17,18)(H3,19,20);2*1H3,(H,2,3,4). The lowest BCUT2D eigenvalue weighted by Crippen LogP contribution is -2.10. The van der Waals surface area contributed by atoms with E-state index in [2.05, 4.69) is 0 Å². The molecule has 170 valence electrons. The monoisotopic (exact) mass is 472 g/mol. The number of aromatic hydroxyl groups is 1. The van der Waals surface area contributed by atoms with Crippen molar-refractivity contribution in [1.82, 2.24) is 0 Å². The summed E-state index contributed by atoms with van der Waals surface area (Å²) in [6, 6.07) is 12.1. The number of rotatable bonds is 4. The molecule has 9 N–H and O–H groups in total. The summed E-state index contributed by atoms with van der Waals surface area (Å²) < 4.78 is 51.7. The second-order valence-corrected chi connectivity index (χ2v) is 8.95. The third-order valence-corrected chi connectivity index (χ3v) is 3.02. The van der Waals surface area contributed by atoms with Gasteiger partial charge in [0.05, 0.1) is 12.5 Å². The molecule has 0 aromatic heterocycles. The van der Waals surface area contributed by atoms with Gasteiger partial charge in [-0.15, -0.1) is 0 Å². The second kappa shape index (κ2) is 11.8. The van der Waals surface area contributed by atoms with E-state index in [1.165, 1.54) is 6.07 Å². The SMILES string of the molecule is CS(=O)(=O)O.CS(=O)(=O)O.N=C(N)c1ccc(C=Cc2ccc(C(=N)N)cc2O)cc1. The summed E-state index contributed by atoms with van der Waals surface area (Å²) in [7, 11) is -7.33. The van der Waals surface area contributed by atoms with Crippen LogP contribution in [0.4, 0.5) is 0 Å². The highest BCUT2D eigenvalue weighted by atomic mass is 32.2. The summed E-state index contributed by atoms with van der Waals surface area (Å²) in [6.45, 7) is 0. The number of hydrogen-bond donors (Lipinski definition) is 7. The molecule has 0 radical (unpaired) electrons. The minimum Gasteiger partial charge on any atom is -0.507 e. The molecule has 31 heavy (non-hydrogen) atoms. The third-order valence-electron chi connectivity index (χ3n) is 3.02. The predicted octanol–water partition coefficient (Wildman–Crippen LogP) is 1.14. The van der Waals surface area contributed by atoms with Crippen molar-refractivity contribution in [1.29, 1.82) is 10.8 Å². The first kappa shape index (κ1) is 27.7. The highest BCUT2D eigenvalue weighted by molar-refractivity contribution is 7.85. The summed E-state index contributed by atoms with van der Waals surface area (Å²) >= 11 is 0. The minimum absolute atomic E-state index is 0.0306. The van der Waals surface area contributed by atoms with Gasteiger partial charge in [-0.05, 0) is 11.6 Å². The van der Waals surface area contributed by atoms with Crippen LogP contribution >= 0.6 is 0 Å². The molecule has 0 aliphatic heterocycles. The Morgan fingerprint density at radius 3 is 1.55 bits per heavy atom. The molecule has 13 heteroatoms. The molecule has 0 atom stereocenters. The lowest BCUT2D eigenvalue weighted by molar-refractivity contribution is 0.474. The normalized spacial score (nSPS) is 11.0. The molecule has 2 aromatic carbocycles. The van der Waals surface area contributed by atoms with Crippen LogP contribution in [0.1, 0.15) is 22.3 Å². The van der Waals surface area contributed by atoms with Gasteiger partial charge in [-0.1, -0.05) is 48.6 Å². The zero-order valence-electron chi connectivity index (χ0n) is 16.6. The number of nitrogens with one attached hydrogen (secondary N) is 2. The molecular weight excluding hydrogens is 448 g/mol. The zero-order chi connectivity index (χ0) is 24.4. The van der Waals surface area contributed by atoms with Gasteiger partial charge < -0.3 is 16.6 Å². The average Bonchev–Trinajstić information content (AvgIpc) is 2.58. The highest BCUT2D eigenvalue weighted by Crippen LogP contribution is 2.21. The van der Waals surface area contributed by atoms with E-state index in [9.17, 15) is 21.9 Å². The van der Waals surface area contributed by atoms with E-state index in [1.807, 2.05) is 18.2 Å². The van der Waals surface area contributed by atoms with E-state index in [1.54, 1.807) is 30.3 Å². The molecule has 0 fully saturated rings. The molecule has 0 spiro atoms. The first-order chi connectivity index (χ1) is 14.0. The Bertz CT molecular complexity index is 1110. The van der Waals surface area contributed by atoms with Gasteiger partial charge in [0.2, 0.25) is 0 Å². The smallest absolute Gasteiger partial charge is 0.261 e. The van der Waals surface area contributed by atoms with E-state index in [0.29, 0.717) is 29.2 Å². The number of benzene rings is 2. The molecule has 0 unspecified atom stereocenters. The number of amidine groups is 2. The molecule has 0 aliphatic rings. The summed E-state index contributed by atoms with van der Waals surface area (Å²) in [6.07, 6.45) is 5.04. The van der Waals surface area contributed by atoms with E-state index < -0.39 is 20.2 Å². The van der Waals surface area contributed by atoms with Crippen LogP contribution in [0.5, 0.6) is 5.75 Å². The molecule has 0 heterocycles. The van der Waals surface area contributed by atoms with Crippen molar-refractivity contribution < 1.29 is 31.0 Å². The fourth-order valence-electron chi connectivity index (χ4n) is 1.81. The Morgan fingerprint density at radius 1 is 0.806 bits per heavy atom. The van der Waals surface area contributed by atoms with Crippen LogP contribution in [0.3, 0.4) is 0 Å². The number of nitrogens with two attached hydrogens (primary N) is 2. The van der Waals surface area contributed by atoms with Crippen LogP contribution < -0.4 is 11.5 Å². The maximum atomic E-state index is 9.89. The molecular formula is C18H24N4O7S2. The van der Waals surface area contributed by atoms with Crippen molar-refractivity contribution >= 4 is 44.1 Å². The van der Waals surface area contributed by atoms with E-state index >= 15 is 0 Å². The van der Waals surface area contributed by atoms with Gasteiger partial charge in [-0.2, -0.15) is 16.8 Å². The molecule has 0 aliphatic carbocycles. The van der Waals surface area contributed by atoms with Gasteiger partial charge in [-0.3, -0.25) is 19.9 Å². The van der Waals surface area contributed by atoms with Gasteiger partial charge in [0.25, 0.3) is 20.2 Å². The van der Waals surface area contributed by atoms with E-state index in [-0.39, 0.29) is 17.4 Å². The van der Waals surface area contributed by atoms with Crippen LogP contribution in [-0.2, 0) is 20.2 Å². The quantitative estimate of drug-likeness (QED) is 0.146. The highest BCUT2D eigenvalue weighted by Gasteiger charge is 2.02. The molecule has 11 nitrogen and oxygen atoms in total. The van der Waals surface area contributed by atoms with Crippen LogP contribution in [0.15, 0.2) is 42.5 Å². The summed E-state index contributed by atoms with van der Waals surface area (Å²) in [4.78, 5) is 0. The molecule has 0 saturated carbocycles. The van der Waals surface area contributed by atoms with Crippen LogP contribution in [0.25, 0.3) is 12.2 Å². The Balaban J connectivity index is 0.000000752.